The van der Waals surface area contributed by atoms with E-state index in [1.54, 1.807) is 40.2 Å². The van der Waals surface area contributed by atoms with Crippen LogP contribution in [0.3, 0.4) is 0 Å². The lowest BCUT2D eigenvalue weighted by molar-refractivity contribution is -0.129. The molecule has 0 unspecified atom stereocenters. The Hall–Kier alpha value is -6.83. The van der Waals surface area contributed by atoms with Crippen molar-refractivity contribution in [2.24, 2.45) is 0 Å². The van der Waals surface area contributed by atoms with Gasteiger partial charge in [-0.2, -0.15) is 30.1 Å². The molecule has 4 aromatic heterocycles. The zero-order chi connectivity index (χ0) is 45.5. The summed E-state index contributed by atoms with van der Waals surface area (Å²) >= 11 is 6.17. The van der Waals surface area contributed by atoms with E-state index < -0.39 is 23.3 Å². The molecule has 3 N–H and O–H groups in total. The number of aryl methyl sites for hydroxylation is 4. The minimum atomic E-state index is -0.593. The second-order valence-electron chi connectivity index (χ2n) is 14.8. The van der Waals surface area contributed by atoms with Crippen molar-refractivity contribution in [3.8, 4) is 11.9 Å². The number of anilines is 5. The van der Waals surface area contributed by atoms with Crippen LogP contribution in [-0.2, 0) is 9.59 Å². The highest BCUT2D eigenvalue weighted by Crippen LogP contribution is 2.26. The molecule has 8 rings (SSSR count). The predicted molar refractivity (Wildman–Crippen MR) is 232 cm³/mol. The van der Waals surface area contributed by atoms with Crippen LogP contribution in [-0.4, -0.2) is 113 Å². The van der Waals surface area contributed by atoms with Crippen molar-refractivity contribution in [3.05, 3.63) is 112 Å². The van der Waals surface area contributed by atoms with Gasteiger partial charge in [0.25, 0.3) is 11.9 Å². The number of hydrogen-bond acceptors (Lipinski definition) is 12. The van der Waals surface area contributed by atoms with Crippen LogP contribution >= 0.6 is 11.6 Å². The number of nitrogens with one attached hydrogen (secondary N) is 1. The lowest BCUT2D eigenvalue weighted by Gasteiger charge is -2.35. The number of nitrogen functional groups attached to an aromatic ring is 1. The number of halogens is 5. The Bertz CT molecular complexity index is 2590. The van der Waals surface area contributed by atoms with Gasteiger partial charge < -0.3 is 30.7 Å². The maximum Gasteiger partial charge on any atom is 0.254 e. The van der Waals surface area contributed by atoms with Crippen molar-refractivity contribution < 1.29 is 27.2 Å². The molecule has 332 valence electrons. The number of benzene rings is 2. The van der Waals surface area contributed by atoms with Crippen molar-refractivity contribution in [3.63, 3.8) is 0 Å². The van der Waals surface area contributed by atoms with E-state index in [0.717, 1.165) is 78.1 Å². The Morgan fingerprint density at radius 1 is 0.603 bits per heavy atom. The van der Waals surface area contributed by atoms with Crippen molar-refractivity contribution in [2.45, 2.75) is 41.5 Å². The first-order valence-electron chi connectivity index (χ1n) is 19.9. The van der Waals surface area contributed by atoms with Gasteiger partial charge in [0.2, 0.25) is 11.8 Å². The van der Waals surface area contributed by atoms with Gasteiger partial charge in [0.05, 0.1) is 22.8 Å². The van der Waals surface area contributed by atoms with E-state index in [9.17, 15) is 27.2 Å². The summed E-state index contributed by atoms with van der Waals surface area (Å²) in [6.07, 6.45) is 0. The Balaban J connectivity index is 0.000000180. The van der Waals surface area contributed by atoms with Crippen molar-refractivity contribution in [1.29, 1.82) is 0 Å². The molecule has 16 nitrogen and oxygen atoms in total. The quantitative estimate of drug-likeness (QED) is 0.112. The van der Waals surface area contributed by atoms with Gasteiger partial charge in [0.1, 0.15) is 45.9 Å². The van der Waals surface area contributed by atoms with E-state index in [2.05, 4.69) is 40.3 Å². The van der Waals surface area contributed by atoms with Gasteiger partial charge in [-0.1, -0.05) is 11.6 Å². The molecule has 6 heterocycles. The number of rotatable bonds is 6. The second-order valence-corrected chi connectivity index (χ2v) is 15.2. The van der Waals surface area contributed by atoms with Crippen molar-refractivity contribution >= 4 is 52.2 Å². The van der Waals surface area contributed by atoms with E-state index in [1.807, 2.05) is 49.6 Å². The van der Waals surface area contributed by atoms with Crippen molar-refractivity contribution in [2.75, 3.05) is 73.2 Å². The molecular formula is C42H47ClF4N14O2. The zero-order valence-electron chi connectivity index (χ0n) is 35.6. The molecule has 2 saturated heterocycles. The third kappa shape index (κ3) is 11.8. The maximum atomic E-state index is 14.2. The average Bonchev–Trinajstić information content (AvgIpc) is 3.78. The van der Waals surface area contributed by atoms with Gasteiger partial charge in [0.15, 0.2) is 0 Å². The van der Waals surface area contributed by atoms with Gasteiger partial charge in [-0.25, -0.2) is 26.9 Å². The zero-order valence-corrected chi connectivity index (χ0v) is 36.3. The first-order valence-corrected chi connectivity index (χ1v) is 20.3. The molecule has 2 aromatic carbocycles. The molecule has 0 bridgehead atoms. The molecule has 0 atom stereocenters. The van der Waals surface area contributed by atoms with E-state index in [-0.39, 0.29) is 23.2 Å². The van der Waals surface area contributed by atoms with E-state index in [4.69, 9.17) is 17.3 Å². The second kappa shape index (κ2) is 19.9. The van der Waals surface area contributed by atoms with Gasteiger partial charge >= 0.3 is 0 Å². The third-order valence-corrected chi connectivity index (χ3v) is 10.2. The molecule has 21 heteroatoms. The monoisotopic (exact) mass is 890 g/mol. The molecule has 0 aliphatic carbocycles. The van der Waals surface area contributed by atoms with Crippen LogP contribution in [0.2, 0.25) is 5.15 Å². The Morgan fingerprint density at radius 2 is 1.06 bits per heavy atom. The standard InChI is InChI=1S/C21H23F2N7O.C15H19ClN6O.C6H5F2N/c1-13-10-14(2)30(27-13)21-25-19(24-18-11-16(22)4-5-17(18)23)12-20(26-21)29-8-6-28(7-9-29)15(3)31;1-10-8-11(2)22(19-10)15-17-13(16)9-14(18-15)21-6-4-20(5-7-21)12(3)23;7-4-1-2-5(8)6(9)3-4/h4-5,10-12H,6-9H2,1-3H3,(H,24,25,26);8-9H,4-7H2,1-3H3;1-3H,9H2. The number of piperazine rings is 2. The number of amides is 2. The Morgan fingerprint density at radius 3 is 1.51 bits per heavy atom. The highest BCUT2D eigenvalue weighted by atomic mass is 35.5. The van der Waals surface area contributed by atoms with E-state index in [1.165, 1.54) is 0 Å². The van der Waals surface area contributed by atoms with Crippen LogP contribution in [0.1, 0.15) is 36.6 Å². The summed E-state index contributed by atoms with van der Waals surface area (Å²) in [7, 11) is 0. The van der Waals surface area contributed by atoms with Gasteiger partial charge in [-0.3, -0.25) is 9.59 Å². The topological polar surface area (TPSA) is 172 Å². The highest BCUT2D eigenvalue weighted by molar-refractivity contribution is 6.29. The minimum absolute atomic E-state index is 0.0228. The molecule has 63 heavy (non-hydrogen) atoms. The van der Waals surface area contributed by atoms with Crippen LogP contribution in [0.15, 0.2) is 60.7 Å². The van der Waals surface area contributed by atoms with E-state index in [0.29, 0.717) is 68.0 Å². The van der Waals surface area contributed by atoms with Gasteiger partial charge in [-0.15, -0.1) is 0 Å². The minimum Gasteiger partial charge on any atom is -0.396 e. The normalized spacial score (nSPS) is 13.8. The number of hydrogen-bond donors (Lipinski definition) is 2. The van der Waals surface area contributed by atoms with Crippen molar-refractivity contribution in [1.82, 2.24) is 49.3 Å². The number of carbonyl (C=O) groups excluding carboxylic acids is 2. The fraction of sp³-hybridized carbons (Fsp3) is 0.333. The molecule has 2 amide bonds. The lowest BCUT2D eigenvalue weighted by Crippen LogP contribution is -2.48. The SMILES string of the molecule is CC(=O)N1CCN(c2cc(Cl)nc(-n3nc(C)cc3C)n2)CC1.CC(=O)N1CCN(c2cc(Nc3cc(F)ccc3F)nc(-n3nc(C)cc3C)n2)CC1.Nc1cc(F)ccc1F. The number of carbonyl (C=O) groups is 2. The fourth-order valence-electron chi connectivity index (χ4n) is 6.80. The van der Waals surface area contributed by atoms with Crippen LogP contribution < -0.4 is 20.9 Å². The van der Waals surface area contributed by atoms with E-state index >= 15 is 0 Å². The first-order chi connectivity index (χ1) is 29.9. The predicted octanol–water partition coefficient (Wildman–Crippen LogP) is 6.12. The van der Waals surface area contributed by atoms with Crippen LogP contribution in [0.4, 0.5) is 46.4 Å². The molecule has 0 spiro atoms. The number of nitrogens with zero attached hydrogens (tertiary/aromatic N) is 12. The van der Waals surface area contributed by atoms with Gasteiger partial charge in [-0.05, 0) is 70.2 Å². The number of nitrogens with two attached hydrogens (primary N) is 1. The summed E-state index contributed by atoms with van der Waals surface area (Å²) in [4.78, 5) is 48.8. The molecule has 0 radical (unpaired) electrons. The third-order valence-electron chi connectivity index (χ3n) is 10.0. The van der Waals surface area contributed by atoms with Gasteiger partial charge in [0, 0.05) is 95.8 Å². The Labute approximate surface area is 366 Å². The summed E-state index contributed by atoms with van der Waals surface area (Å²) in [6, 6.07) is 13.4. The first kappa shape index (κ1) is 45.7. The van der Waals surface area contributed by atoms with Crippen LogP contribution in [0.5, 0.6) is 0 Å². The highest BCUT2D eigenvalue weighted by Gasteiger charge is 2.23. The summed E-state index contributed by atoms with van der Waals surface area (Å²) in [5.74, 6) is 0.348. The number of aromatic nitrogens is 8. The molecular weight excluding hydrogens is 844 g/mol. The molecule has 2 aliphatic rings. The smallest absolute Gasteiger partial charge is 0.254 e. The summed E-state index contributed by atoms with van der Waals surface area (Å²) in [5, 5.41) is 12.1. The maximum absolute atomic E-state index is 14.2. The summed E-state index contributed by atoms with van der Waals surface area (Å²) in [5.41, 5.74) is 8.34. The fourth-order valence-corrected chi connectivity index (χ4v) is 6.98. The largest absolute Gasteiger partial charge is 0.396 e. The average molecular weight is 891 g/mol. The lowest BCUT2D eigenvalue weighted by atomic mass is 10.3. The molecule has 0 saturated carbocycles. The molecule has 2 aliphatic heterocycles. The van der Waals surface area contributed by atoms with Crippen LogP contribution in [0.25, 0.3) is 11.9 Å². The van der Waals surface area contributed by atoms with Crippen LogP contribution in [0, 0.1) is 51.0 Å². The summed E-state index contributed by atoms with van der Waals surface area (Å²) < 4.78 is 55.4. The molecule has 2 fully saturated rings. The molecule has 6 aromatic rings. The summed E-state index contributed by atoms with van der Waals surface area (Å²) in [6.45, 7) is 16.0. The Kier molecular flexibility index (Phi) is 14.4.